The van der Waals surface area contributed by atoms with Crippen molar-refractivity contribution < 1.29 is 28.6 Å². The van der Waals surface area contributed by atoms with Crippen LogP contribution in [0.5, 0.6) is 0 Å². The van der Waals surface area contributed by atoms with Gasteiger partial charge in [-0.1, -0.05) is 12.1 Å². The van der Waals surface area contributed by atoms with Crippen molar-refractivity contribution in [3.05, 3.63) is 29.8 Å². The van der Waals surface area contributed by atoms with Crippen molar-refractivity contribution in [2.75, 3.05) is 25.1 Å². The molecule has 2 amide bonds. The van der Waals surface area contributed by atoms with Gasteiger partial charge in [-0.3, -0.25) is 9.59 Å². The van der Waals surface area contributed by atoms with Crippen LogP contribution >= 0.6 is 0 Å². The first-order valence-electron chi connectivity index (χ1n) is 12.3. The third-order valence-corrected chi connectivity index (χ3v) is 6.08. The van der Waals surface area contributed by atoms with Crippen LogP contribution < -0.4 is 16.0 Å². The molecule has 35 heavy (non-hydrogen) atoms. The van der Waals surface area contributed by atoms with Gasteiger partial charge in [-0.25, -0.2) is 4.79 Å². The van der Waals surface area contributed by atoms with E-state index in [0.29, 0.717) is 25.4 Å². The number of benzene rings is 1. The average molecular weight is 492 g/mol. The third kappa shape index (κ3) is 10.5. The van der Waals surface area contributed by atoms with Gasteiger partial charge in [0.05, 0.1) is 25.9 Å². The Balaban J connectivity index is 1.87. The van der Waals surface area contributed by atoms with Gasteiger partial charge in [-0.15, -0.1) is 0 Å². The molecule has 9 nitrogen and oxygen atoms in total. The smallest absolute Gasteiger partial charge is 0.407 e. The number of ether oxygens (including phenoxy) is 3. The lowest BCUT2D eigenvalue weighted by Crippen LogP contribution is -2.45. The lowest BCUT2D eigenvalue weighted by atomic mass is 9.93. The first-order valence-corrected chi connectivity index (χ1v) is 12.3. The van der Waals surface area contributed by atoms with Crippen molar-refractivity contribution in [3.63, 3.8) is 0 Å². The van der Waals surface area contributed by atoms with E-state index in [-0.39, 0.29) is 18.5 Å². The van der Waals surface area contributed by atoms with E-state index in [1.54, 1.807) is 20.8 Å². The van der Waals surface area contributed by atoms with E-state index >= 15 is 0 Å². The summed E-state index contributed by atoms with van der Waals surface area (Å²) in [6.45, 7) is 9.41. The van der Waals surface area contributed by atoms with Gasteiger partial charge in [-0.2, -0.15) is 0 Å². The Kier molecular flexibility index (Phi) is 10.8. The Morgan fingerprint density at radius 3 is 2.31 bits per heavy atom. The summed E-state index contributed by atoms with van der Waals surface area (Å²) in [4.78, 5) is 37.3. The first-order chi connectivity index (χ1) is 16.5. The Morgan fingerprint density at radius 1 is 1.14 bits per heavy atom. The highest BCUT2D eigenvalue weighted by Gasteiger charge is 2.25. The number of hydrogen-bond donors (Lipinski definition) is 2. The second-order valence-corrected chi connectivity index (χ2v) is 10.2. The molecule has 0 saturated carbocycles. The minimum Gasteiger partial charge on any atom is -0.469 e. The van der Waals surface area contributed by atoms with Gasteiger partial charge in [0.1, 0.15) is 5.60 Å². The van der Waals surface area contributed by atoms with Crippen molar-refractivity contribution >= 4 is 23.7 Å². The van der Waals surface area contributed by atoms with Gasteiger partial charge in [0.25, 0.3) is 0 Å². The van der Waals surface area contributed by atoms with Gasteiger partial charge in [0.2, 0.25) is 5.91 Å². The molecule has 0 aliphatic carbocycles. The number of hydrogen-bond acceptors (Lipinski definition) is 7. The van der Waals surface area contributed by atoms with E-state index in [0.717, 1.165) is 37.2 Å². The summed E-state index contributed by atoms with van der Waals surface area (Å²) >= 11 is 0. The normalized spacial score (nSPS) is 16.3. The number of alkyl carbamates (subject to hydrolysis) is 1. The van der Waals surface area contributed by atoms with Crippen LogP contribution in [0, 0.1) is 5.92 Å². The van der Waals surface area contributed by atoms with Crippen LogP contribution in [0.2, 0.25) is 0 Å². The van der Waals surface area contributed by atoms with E-state index in [9.17, 15) is 14.4 Å². The van der Waals surface area contributed by atoms with Crippen LogP contribution in [0.15, 0.2) is 24.3 Å². The topological polar surface area (TPSA) is 120 Å². The fraction of sp³-hybridized carbons (Fsp3) is 0.654. The maximum atomic E-state index is 12.2. The Bertz CT molecular complexity index is 828. The summed E-state index contributed by atoms with van der Waals surface area (Å²) in [6, 6.07) is 7.80. The molecule has 0 aromatic heterocycles. The van der Waals surface area contributed by atoms with E-state index in [2.05, 4.69) is 22.3 Å². The number of rotatable bonds is 11. The molecule has 1 aromatic rings. The standard InChI is InChI=1S/C26H41N3O6/c1-18(22(10-11-23(27)30)28-25(32)35-26(2,3)4)34-17-20-6-8-21(9-7-20)29-14-12-19(13-15-29)16-24(31)33-5/h6-9,18-19,22H,10-17H2,1-5H3,(H2,27,30)(H,28,32)/t18-,22+/m1/s1. The van der Waals surface area contributed by atoms with Crippen molar-refractivity contribution in [2.45, 2.75) is 84.2 Å². The predicted molar refractivity (Wildman–Crippen MR) is 134 cm³/mol. The molecule has 1 aromatic carbocycles. The van der Waals surface area contributed by atoms with Crippen LogP contribution in [0.1, 0.15) is 65.4 Å². The average Bonchev–Trinajstić information content (AvgIpc) is 2.79. The lowest BCUT2D eigenvalue weighted by Gasteiger charge is -2.33. The summed E-state index contributed by atoms with van der Waals surface area (Å²) in [5, 5.41) is 2.81. The number of nitrogens with one attached hydrogen (secondary N) is 1. The number of carbonyl (C=O) groups excluding carboxylic acids is 3. The largest absolute Gasteiger partial charge is 0.469 e. The molecular weight excluding hydrogens is 450 g/mol. The molecule has 9 heteroatoms. The molecule has 0 radical (unpaired) electrons. The van der Waals surface area contributed by atoms with Crippen LogP contribution in [0.4, 0.5) is 10.5 Å². The first kappa shape index (κ1) is 28.4. The quantitative estimate of drug-likeness (QED) is 0.454. The van der Waals surface area contributed by atoms with Gasteiger partial charge >= 0.3 is 12.1 Å². The number of amides is 2. The van der Waals surface area contributed by atoms with Crippen LogP contribution in [-0.4, -0.2) is 55.9 Å². The van der Waals surface area contributed by atoms with Gasteiger partial charge in [0.15, 0.2) is 0 Å². The fourth-order valence-electron chi connectivity index (χ4n) is 4.04. The molecule has 3 N–H and O–H groups in total. The van der Waals surface area contributed by atoms with Crippen molar-refractivity contribution in [1.82, 2.24) is 5.32 Å². The maximum Gasteiger partial charge on any atom is 0.407 e. The number of carbonyl (C=O) groups is 3. The minimum absolute atomic E-state index is 0.138. The zero-order chi connectivity index (χ0) is 26.0. The Morgan fingerprint density at radius 2 is 1.77 bits per heavy atom. The van der Waals surface area contributed by atoms with E-state index in [4.69, 9.17) is 19.9 Å². The van der Waals surface area contributed by atoms with Crippen molar-refractivity contribution in [3.8, 4) is 0 Å². The van der Waals surface area contributed by atoms with Crippen LogP contribution in [0.3, 0.4) is 0 Å². The molecule has 1 aliphatic rings. The summed E-state index contributed by atoms with van der Waals surface area (Å²) < 4.78 is 16.1. The van der Waals surface area contributed by atoms with E-state index < -0.39 is 23.6 Å². The number of anilines is 1. The second-order valence-electron chi connectivity index (χ2n) is 10.2. The Labute approximate surface area is 208 Å². The number of piperidine rings is 1. The summed E-state index contributed by atoms with van der Waals surface area (Å²) in [7, 11) is 1.43. The van der Waals surface area contributed by atoms with Crippen LogP contribution in [-0.2, 0) is 30.4 Å². The van der Waals surface area contributed by atoms with Crippen LogP contribution in [0.25, 0.3) is 0 Å². The number of primary amides is 1. The lowest BCUT2D eigenvalue weighted by molar-refractivity contribution is -0.141. The van der Waals surface area contributed by atoms with Gasteiger partial charge < -0.3 is 30.2 Å². The molecule has 1 fully saturated rings. The van der Waals surface area contributed by atoms with Gasteiger partial charge in [0, 0.05) is 31.6 Å². The third-order valence-electron chi connectivity index (χ3n) is 6.08. The number of nitrogens with two attached hydrogens (primary N) is 1. The highest BCUT2D eigenvalue weighted by molar-refractivity contribution is 5.74. The molecule has 1 aliphatic heterocycles. The minimum atomic E-state index is -0.624. The zero-order valence-electron chi connectivity index (χ0n) is 21.7. The van der Waals surface area contributed by atoms with E-state index in [1.165, 1.54) is 7.11 Å². The molecule has 0 bridgehead atoms. The van der Waals surface area contributed by atoms with E-state index in [1.807, 2.05) is 19.1 Å². The molecule has 0 unspecified atom stereocenters. The summed E-state index contributed by atoms with van der Waals surface area (Å²) in [6.07, 6.45) is 2.02. The van der Waals surface area contributed by atoms with Crippen molar-refractivity contribution in [2.24, 2.45) is 11.7 Å². The predicted octanol–water partition coefficient (Wildman–Crippen LogP) is 3.53. The zero-order valence-corrected chi connectivity index (χ0v) is 21.7. The highest BCUT2D eigenvalue weighted by Crippen LogP contribution is 2.26. The highest BCUT2D eigenvalue weighted by atomic mass is 16.6. The van der Waals surface area contributed by atoms with Gasteiger partial charge in [-0.05, 0) is 70.6 Å². The Hall–Kier alpha value is -2.81. The number of methoxy groups -OCH3 is 1. The molecule has 0 spiro atoms. The maximum absolute atomic E-state index is 12.2. The number of nitrogens with zero attached hydrogens (tertiary/aromatic N) is 1. The molecular formula is C26H41N3O6. The summed E-state index contributed by atoms with van der Waals surface area (Å²) in [5.74, 6) is -0.192. The molecule has 1 saturated heterocycles. The van der Waals surface area contributed by atoms with Crippen molar-refractivity contribution in [1.29, 1.82) is 0 Å². The fourth-order valence-corrected chi connectivity index (χ4v) is 4.04. The molecule has 2 rings (SSSR count). The second kappa shape index (κ2) is 13.3. The molecule has 1 heterocycles. The SMILES string of the molecule is COC(=O)CC1CCN(c2ccc(CO[C@H](C)[C@H](CCC(N)=O)NC(=O)OC(C)(C)C)cc2)CC1. The molecule has 196 valence electrons. The molecule has 2 atom stereocenters. The monoisotopic (exact) mass is 491 g/mol. The summed E-state index contributed by atoms with van der Waals surface area (Å²) in [5.41, 5.74) is 6.83. The number of esters is 1.